The van der Waals surface area contributed by atoms with E-state index in [1.165, 1.54) is 0 Å². The van der Waals surface area contributed by atoms with Crippen LogP contribution in [0.25, 0.3) is 0 Å². The van der Waals surface area contributed by atoms with E-state index in [1.54, 1.807) is 12.1 Å². The molecule has 0 bridgehead atoms. The van der Waals surface area contributed by atoms with E-state index in [4.69, 9.17) is 22.1 Å². The van der Waals surface area contributed by atoms with Crippen LogP contribution >= 0.6 is 11.6 Å². The summed E-state index contributed by atoms with van der Waals surface area (Å²) in [6, 6.07) is 15.0. The molecule has 7 heteroatoms. The quantitative estimate of drug-likeness (QED) is 0.735. The van der Waals surface area contributed by atoms with Gasteiger partial charge in [-0.3, -0.25) is 0 Å². The molecule has 0 saturated carbocycles. The maximum absolute atomic E-state index is 5.93. The Bertz CT molecular complexity index is 856. The Kier molecular flexibility index (Phi) is 4.77. The van der Waals surface area contributed by atoms with Gasteiger partial charge in [-0.15, -0.1) is 0 Å². The monoisotopic (exact) mass is 341 g/mol. The number of halogens is 1. The van der Waals surface area contributed by atoms with E-state index in [1.807, 2.05) is 43.3 Å². The number of anilines is 3. The number of nitrogens with zero attached hydrogens (tertiary/aromatic N) is 3. The number of benzene rings is 2. The minimum atomic E-state index is 0.130. The first-order valence-corrected chi connectivity index (χ1v) is 7.69. The maximum atomic E-state index is 5.93. The van der Waals surface area contributed by atoms with Crippen LogP contribution in [-0.4, -0.2) is 15.0 Å². The zero-order valence-corrected chi connectivity index (χ0v) is 13.8. The van der Waals surface area contributed by atoms with Crippen molar-refractivity contribution in [2.45, 2.75) is 13.5 Å². The predicted octanol–water partition coefficient (Wildman–Crippen LogP) is 3.74. The molecule has 24 heavy (non-hydrogen) atoms. The molecule has 0 saturated heterocycles. The molecule has 3 N–H and O–H groups in total. The Labute approximate surface area is 144 Å². The number of aryl methyl sites for hydroxylation is 1. The number of nitrogens with two attached hydrogens (primary N) is 1. The number of nitrogens with one attached hydrogen (secondary N) is 1. The van der Waals surface area contributed by atoms with E-state index in [2.05, 4.69) is 20.3 Å². The highest BCUT2D eigenvalue weighted by atomic mass is 35.5. The summed E-state index contributed by atoms with van der Waals surface area (Å²) in [4.78, 5) is 12.5. The minimum absolute atomic E-state index is 0.130. The fourth-order valence-corrected chi connectivity index (χ4v) is 2.28. The van der Waals surface area contributed by atoms with Crippen molar-refractivity contribution >= 4 is 29.2 Å². The molecule has 0 aliphatic rings. The fraction of sp³-hybridized carbons (Fsp3) is 0.118. The van der Waals surface area contributed by atoms with E-state index in [0.29, 0.717) is 22.5 Å². The topological polar surface area (TPSA) is 86.0 Å². The lowest BCUT2D eigenvalue weighted by molar-refractivity contribution is 0.296. The molecule has 0 aliphatic carbocycles. The number of hydrogen-bond acceptors (Lipinski definition) is 6. The van der Waals surface area contributed by atoms with Crippen molar-refractivity contribution in [3.05, 3.63) is 64.9 Å². The standard InChI is InChI=1S/C17H16ClN5O/c1-11-5-2-3-8-14(11)20-17-22-15(21-16(19)23-17)10-24-13-7-4-6-12(18)9-13/h2-9H,10H2,1H3,(H3,19,20,21,22,23). The molecule has 0 atom stereocenters. The Hall–Kier alpha value is -2.86. The van der Waals surface area contributed by atoms with Gasteiger partial charge < -0.3 is 15.8 Å². The van der Waals surface area contributed by atoms with Crippen molar-refractivity contribution in [2.75, 3.05) is 11.1 Å². The predicted molar refractivity (Wildman–Crippen MR) is 94.5 cm³/mol. The van der Waals surface area contributed by atoms with Gasteiger partial charge in [0.25, 0.3) is 0 Å². The molecule has 2 aromatic carbocycles. The van der Waals surface area contributed by atoms with E-state index in [9.17, 15) is 0 Å². The molecule has 0 unspecified atom stereocenters. The lowest BCUT2D eigenvalue weighted by atomic mass is 10.2. The first-order valence-electron chi connectivity index (χ1n) is 7.31. The van der Waals surface area contributed by atoms with Gasteiger partial charge >= 0.3 is 0 Å². The maximum Gasteiger partial charge on any atom is 0.232 e. The average molecular weight is 342 g/mol. The van der Waals surface area contributed by atoms with Gasteiger partial charge in [-0.1, -0.05) is 35.9 Å². The summed E-state index contributed by atoms with van der Waals surface area (Å²) in [5.41, 5.74) is 7.75. The Morgan fingerprint density at radius 3 is 2.71 bits per heavy atom. The number of nitrogen functional groups attached to an aromatic ring is 1. The second-order valence-electron chi connectivity index (χ2n) is 5.12. The lowest BCUT2D eigenvalue weighted by Crippen LogP contribution is -2.09. The smallest absolute Gasteiger partial charge is 0.232 e. The summed E-state index contributed by atoms with van der Waals surface area (Å²) in [5.74, 6) is 1.57. The summed E-state index contributed by atoms with van der Waals surface area (Å²) in [7, 11) is 0. The molecule has 0 radical (unpaired) electrons. The number of para-hydroxylation sites is 1. The van der Waals surface area contributed by atoms with Crippen LogP contribution in [0.1, 0.15) is 11.4 Å². The summed E-state index contributed by atoms with van der Waals surface area (Å²) < 4.78 is 5.64. The highest BCUT2D eigenvalue weighted by Gasteiger charge is 2.07. The van der Waals surface area contributed by atoms with E-state index < -0.39 is 0 Å². The fourth-order valence-electron chi connectivity index (χ4n) is 2.10. The molecule has 0 spiro atoms. The number of ether oxygens (including phenoxy) is 1. The summed E-state index contributed by atoms with van der Waals surface area (Å²) in [6.45, 7) is 2.16. The van der Waals surface area contributed by atoms with Crippen LogP contribution in [0.2, 0.25) is 5.02 Å². The minimum Gasteiger partial charge on any atom is -0.486 e. The van der Waals surface area contributed by atoms with Crippen LogP contribution in [0.5, 0.6) is 5.75 Å². The van der Waals surface area contributed by atoms with Crippen molar-refractivity contribution in [1.82, 2.24) is 15.0 Å². The molecule has 1 aromatic heterocycles. The molecule has 0 aliphatic heterocycles. The largest absolute Gasteiger partial charge is 0.486 e. The second-order valence-corrected chi connectivity index (χ2v) is 5.56. The Balaban J connectivity index is 1.75. The van der Waals surface area contributed by atoms with Crippen LogP contribution < -0.4 is 15.8 Å². The van der Waals surface area contributed by atoms with Crippen LogP contribution in [0.4, 0.5) is 17.6 Å². The number of hydrogen-bond donors (Lipinski definition) is 2. The van der Waals surface area contributed by atoms with E-state index in [-0.39, 0.29) is 12.6 Å². The van der Waals surface area contributed by atoms with Crippen molar-refractivity contribution in [2.24, 2.45) is 0 Å². The van der Waals surface area contributed by atoms with Gasteiger partial charge in [0, 0.05) is 10.7 Å². The average Bonchev–Trinajstić information content (AvgIpc) is 2.55. The van der Waals surface area contributed by atoms with Gasteiger partial charge in [0.05, 0.1) is 0 Å². The normalized spacial score (nSPS) is 10.4. The SMILES string of the molecule is Cc1ccccc1Nc1nc(N)nc(COc2cccc(Cl)c2)n1. The van der Waals surface area contributed by atoms with Gasteiger partial charge in [0.15, 0.2) is 5.82 Å². The number of aromatic nitrogens is 3. The van der Waals surface area contributed by atoms with Crippen LogP contribution in [-0.2, 0) is 6.61 Å². The number of rotatable bonds is 5. The highest BCUT2D eigenvalue weighted by Crippen LogP contribution is 2.20. The zero-order valence-electron chi connectivity index (χ0n) is 13.0. The van der Waals surface area contributed by atoms with Gasteiger partial charge in [0.1, 0.15) is 12.4 Å². The first-order chi connectivity index (χ1) is 11.6. The summed E-state index contributed by atoms with van der Waals surface area (Å²) in [6.07, 6.45) is 0. The third kappa shape index (κ3) is 4.11. The van der Waals surface area contributed by atoms with Gasteiger partial charge in [0.2, 0.25) is 11.9 Å². The van der Waals surface area contributed by atoms with E-state index in [0.717, 1.165) is 11.3 Å². The first kappa shape index (κ1) is 16.0. The highest BCUT2D eigenvalue weighted by molar-refractivity contribution is 6.30. The molecule has 0 fully saturated rings. The molecule has 3 rings (SSSR count). The summed E-state index contributed by atoms with van der Waals surface area (Å²) in [5, 5.41) is 3.74. The molecule has 1 heterocycles. The lowest BCUT2D eigenvalue weighted by Gasteiger charge is -2.10. The molecule has 122 valence electrons. The Morgan fingerprint density at radius 1 is 1.08 bits per heavy atom. The van der Waals surface area contributed by atoms with Gasteiger partial charge in [-0.2, -0.15) is 15.0 Å². The molecule has 0 amide bonds. The zero-order chi connectivity index (χ0) is 16.9. The van der Waals surface area contributed by atoms with Gasteiger partial charge in [-0.05, 0) is 36.8 Å². The molecule has 3 aromatic rings. The van der Waals surface area contributed by atoms with Gasteiger partial charge in [-0.25, -0.2) is 0 Å². The van der Waals surface area contributed by atoms with Crippen LogP contribution in [0.3, 0.4) is 0 Å². The third-order valence-corrected chi connectivity index (χ3v) is 3.49. The van der Waals surface area contributed by atoms with Crippen LogP contribution in [0.15, 0.2) is 48.5 Å². The molecule has 6 nitrogen and oxygen atoms in total. The van der Waals surface area contributed by atoms with Crippen molar-refractivity contribution in [1.29, 1.82) is 0 Å². The third-order valence-electron chi connectivity index (χ3n) is 3.25. The van der Waals surface area contributed by atoms with Crippen molar-refractivity contribution in [3.8, 4) is 5.75 Å². The van der Waals surface area contributed by atoms with Crippen molar-refractivity contribution in [3.63, 3.8) is 0 Å². The molecular formula is C17H16ClN5O. The Morgan fingerprint density at radius 2 is 1.92 bits per heavy atom. The van der Waals surface area contributed by atoms with Crippen molar-refractivity contribution < 1.29 is 4.74 Å². The van der Waals surface area contributed by atoms with Crippen LogP contribution in [0, 0.1) is 6.92 Å². The second kappa shape index (κ2) is 7.14. The van der Waals surface area contributed by atoms with E-state index >= 15 is 0 Å². The molecular weight excluding hydrogens is 326 g/mol. The summed E-state index contributed by atoms with van der Waals surface area (Å²) >= 11 is 5.93.